The summed E-state index contributed by atoms with van der Waals surface area (Å²) in [6.45, 7) is 4.12. The molecule has 0 aliphatic rings. The van der Waals surface area contributed by atoms with Crippen molar-refractivity contribution >= 4 is 21.9 Å². The first kappa shape index (κ1) is 18.2. The molecule has 0 atom stereocenters. The molecule has 0 aliphatic carbocycles. The van der Waals surface area contributed by atoms with Crippen LogP contribution in [0.1, 0.15) is 21.7 Å². The van der Waals surface area contributed by atoms with E-state index in [1.165, 1.54) is 0 Å². The molecule has 5 nitrogen and oxygen atoms in total. The molecule has 0 saturated carbocycles. The average molecular weight is 415 g/mol. The van der Waals surface area contributed by atoms with E-state index < -0.39 is 0 Å². The van der Waals surface area contributed by atoms with Gasteiger partial charge < -0.3 is 9.47 Å². The standard InChI is InChI=1S/C20H19BrN2O3/c1-14-19(15(2)23(22-14)17-8-4-3-5-9-17)20(24)26-12-11-25-18-10-6-7-16(21)13-18/h3-10,13H,11-12H2,1-2H3. The molecule has 1 heterocycles. The molecule has 26 heavy (non-hydrogen) atoms. The Kier molecular flexibility index (Phi) is 5.73. The molecule has 2 aromatic carbocycles. The zero-order valence-electron chi connectivity index (χ0n) is 14.6. The maximum absolute atomic E-state index is 12.5. The van der Waals surface area contributed by atoms with Gasteiger partial charge in [-0.3, -0.25) is 0 Å². The van der Waals surface area contributed by atoms with Gasteiger partial charge in [0.2, 0.25) is 0 Å². The number of halogens is 1. The number of aryl methyl sites for hydroxylation is 1. The van der Waals surface area contributed by atoms with Gasteiger partial charge in [0.15, 0.2) is 0 Å². The van der Waals surface area contributed by atoms with Gasteiger partial charge in [0.25, 0.3) is 0 Å². The summed E-state index contributed by atoms with van der Waals surface area (Å²) in [5.41, 5.74) is 2.80. The van der Waals surface area contributed by atoms with Gasteiger partial charge in [-0.2, -0.15) is 5.10 Å². The Labute approximate surface area is 160 Å². The van der Waals surface area contributed by atoms with Gasteiger partial charge in [0, 0.05) is 4.47 Å². The lowest BCUT2D eigenvalue weighted by molar-refractivity contribution is 0.0448. The van der Waals surface area contributed by atoms with E-state index in [1.54, 1.807) is 11.6 Å². The molecule has 1 aromatic heterocycles. The summed E-state index contributed by atoms with van der Waals surface area (Å²) in [7, 11) is 0. The fraction of sp³-hybridized carbons (Fsp3) is 0.200. The Bertz CT molecular complexity index is 907. The van der Waals surface area contributed by atoms with Gasteiger partial charge in [-0.25, -0.2) is 9.48 Å². The second-order valence-corrected chi connectivity index (χ2v) is 6.65. The van der Waals surface area contributed by atoms with E-state index in [9.17, 15) is 4.79 Å². The van der Waals surface area contributed by atoms with Gasteiger partial charge in [-0.1, -0.05) is 40.2 Å². The van der Waals surface area contributed by atoms with Gasteiger partial charge in [0.1, 0.15) is 24.5 Å². The van der Waals surface area contributed by atoms with E-state index >= 15 is 0 Å². The molecule has 0 aliphatic heterocycles. The first-order valence-electron chi connectivity index (χ1n) is 8.23. The predicted molar refractivity (Wildman–Crippen MR) is 103 cm³/mol. The molecule has 0 spiro atoms. The summed E-state index contributed by atoms with van der Waals surface area (Å²) in [6.07, 6.45) is 0. The lowest BCUT2D eigenvalue weighted by Crippen LogP contribution is -2.14. The predicted octanol–water partition coefficient (Wildman–Crippen LogP) is 4.49. The number of ether oxygens (including phenoxy) is 2. The molecule has 0 N–H and O–H groups in total. The first-order valence-corrected chi connectivity index (χ1v) is 9.02. The van der Waals surface area contributed by atoms with E-state index in [2.05, 4.69) is 21.0 Å². The van der Waals surface area contributed by atoms with E-state index in [0.717, 1.165) is 21.6 Å². The quantitative estimate of drug-likeness (QED) is 0.440. The molecule has 0 radical (unpaired) electrons. The van der Waals surface area contributed by atoms with Crippen molar-refractivity contribution in [3.63, 3.8) is 0 Å². The monoisotopic (exact) mass is 414 g/mol. The minimum atomic E-state index is -0.389. The summed E-state index contributed by atoms with van der Waals surface area (Å²) in [6, 6.07) is 17.2. The van der Waals surface area contributed by atoms with Crippen molar-refractivity contribution in [1.29, 1.82) is 0 Å². The molecular weight excluding hydrogens is 396 g/mol. The van der Waals surface area contributed by atoms with Crippen LogP contribution in [-0.2, 0) is 4.74 Å². The lowest BCUT2D eigenvalue weighted by atomic mass is 10.2. The van der Waals surface area contributed by atoms with E-state index in [0.29, 0.717) is 11.3 Å². The summed E-state index contributed by atoms with van der Waals surface area (Å²) in [5, 5.41) is 4.47. The van der Waals surface area contributed by atoms with Crippen LogP contribution in [0.5, 0.6) is 5.75 Å². The molecule has 3 rings (SSSR count). The van der Waals surface area contributed by atoms with Gasteiger partial charge in [0.05, 0.1) is 17.1 Å². The average Bonchev–Trinajstić information content (AvgIpc) is 2.94. The first-order chi connectivity index (χ1) is 12.6. The zero-order valence-corrected chi connectivity index (χ0v) is 16.2. The Balaban J connectivity index is 1.62. The smallest absolute Gasteiger partial charge is 0.342 e. The fourth-order valence-corrected chi connectivity index (χ4v) is 3.06. The Hall–Kier alpha value is -2.60. The minimum absolute atomic E-state index is 0.167. The Morgan fingerprint density at radius 1 is 1.08 bits per heavy atom. The molecule has 0 amide bonds. The van der Waals surface area contributed by atoms with Crippen molar-refractivity contribution < 1.29 is 14.3 Å². The molecule has 3 aromatic rings. The van der Waals surface area contributed by atoms with Crippen molar-refractivity contribution in [2.24, 2.45) is 0 Å². The van der Waals surface area contributed by atoms with Gasteiger partial charge in [-0.15, -0.1) is 0 Å². The topological polar surface area (TPSA) is 53.4 Å². The molecule has 0 fully saturated rings. The molecule has 0 saturated heterocycles. The van der Waals surface area contributed by atoms with E-state index in [1.807, 2.05) is 61.5 Å². The van der Waals surface area contributed by atoms with Crippen LogP contribution in [0.4, 0.5) is 0 Å². The van der Waals surface area contributed by atoms with Crippen molar-refractivity contribution in [3.8, 4) is 11.4 Å². The highest BCUT2D eigenvalue weighted by molar-refractivity contribution is 9.10. The van der Waals surface area contributed by atoms with E-state index in [4.69, 9.17) is 9.47 Å². The highest BCUT2D eigenvalue weighted by Crippen LogP contribution is 2.19. The fourth-order valence-electron chi connectivity index (χ4n) is 2.68. The number of hydrogen-bond acceptors (Lipinski definition) is 4. The number of aromatic nitrogens is 2. The van der Waals surface area contributed by atoms with Gasteiger partial charge >= 0.3 is 5.97 Å². The molecule has 0 bridgehead atoms. The van der Waals surface area contributed by atoms with Crippen LogP contribution in [-0.4, -0.2) is 29.0 Å². The number of benzene rings is 2. The van der Waals surface area contributed by atoms with Crippen LogP contribution in [0.2, 0.25) is 0 Å². The molecule has 0 unspecified atom stereocenters. The summed E-state index contributed by atoms with van der Waals surface area (Å²) >= 11 is 3.39. The number of hydrogen-bond donors (Lipinski definition) is 0. The summed E-state index contributed by atoms with van der Waals surface area (Å²) < 4.78 is 13.6. The Morgan fingerprint density at radius 2 is 1.85 bits per heavy atom. The molecular formula is C20H19BrN2O3. The van der Waals surface area contributed by atoms with Crippen molar-refractivity contribution in [3.05, 3.63) is 76.0 Å². The zero-order chi connectivity index (χ0) is 18.5. The maximum Gasteiger partial charge on any atom is 0.342 e. The summed E-state index contributed by atoms with van der Waals surface area (Å²) in [5.74, 6) is 0.333. The van der Waals surface area contributed by atoms with Crippen molar-refractivity contribution in [1.82, 2.24) is 9.78 Å². The third kappa shape index (κ3) is 4.14. The highest BCUT2D eigenvalue weighted by Gasteiger charge is 2.20. The second-order valence-electron chi connectivity index (χ2n) is 5.73. The number of para-hydroxylation sites is 1. The number of nitrogens with zero attached hydrogens (tertiary/aromatic N) is 2. The van der Waals surface area contributed by atoms with Gasteiger partial charge in [-0.05, 0) is 44.2 Å². The third-order valence-electron chi connectivity index (χ3n) is 3.88. The number of esters is 1. The van der Waals surface area contributed by atoms with E-state index in [-0.39, 0.29) is 19.2 Å². The SMILES string of the molecule is Cc1nn(-c2ccccc2)c(C)c1C(=O)OCCOc1cccc(Br)c1. The van der Waals surface area contributed by atoms with Crippen LogP contribution >= 0.6 is 15.9 Å². The van der Waals surface area contributed by atoms with Crippen LogP contribution < -0.4 is 4.74 Å². The number of carbonyl (C=O) groups excluding carboxylic acids is 1. The normalized spacial score (nSPS) is 10.6. The van der Waals surface area contributed by atoms with Crippen molar-refractivity contribution in [2.75, 3.05) is 13.2 Å². The minimum Gasteiger partial charge on any atom is -0.490 e. The second kappa shape index (κ2) is 8.19. The van der Waals surface area contributed by atoms with Crippen LogP contribution in [0.15, 0.2) is 59.1 Å². The van der Waals surface area contributed by atoms with Crippen LogP contribution in [0.25, 0.3) is 5.69 Å². The number of rotatable bonds is 6. The molecule has 134 valence electrons. The molecule has 6 heteroatoms. The van der Waals surface area contributed by atoms with Crippen LogP contribution in [0.3, 0.4) is 0 Å². The number of carbonyl (C=O) groups is 1. The Morgan fingerprint density at radius 3 is 2.58 bits per heavy atom. The lowest BCUT2D eigenvalue weighted by Gasteiger charge is -2.08. The third-order valence-corrected chi connectivity index (χ3v) is 4.37. The highest BCUT2D eigenvalue weighted by atomic mass is 79.9. The largest absolute Gasteiger partial charge is 0.490 e. The van der Waals surface area contributed by atoms with Crippen molar-refractivity contribution in [2.45, 2.75) is 13.8 Å². The van der Waals surface area contributed by atoms with Crippen LogP contribution in [0, 0.1) is 13.8 Å². The summed E-state index contributed by atoms with van der Waals surface area (Å²) in [4.78, 5) is 12.5. The maximum atomic E-state index is 12.5.